The number of piperidine rings is 1. The van der Waals surface area contributed by atoms with Gasteiger partial charge in [-0.05, 0) is 11.8 Å². The zero-order chi connectivity index (χ0) is 9.59. The lowest BCUT2D eigenvalue weighted by molar-refractivity contribution is -0.120. The zero-order valence-corrected chi connectivity index (χ0v) is 7.56. The van der Waals surface area contributed by atoms with Gasteiger partial charge in [-0.3, -0.25) is 4.79 Å². The molecule has 2 fully saturated rings. The quantitative estimate of drug-likeness (QED) is 0.689. The topological polar surface area (TPSA) is 57.6 Å². The molecule has 1 aliphatic carbocycles. The van der Waals surface area contributed by atoms with Gasteiger partial charge in [-0.25, -0.2) is 4.79 Å². The molecule has 1 aliphatic heterocycles. The Morgan fingerprint density at radius 3 is 2.31 bits per heavy atom. The van der Waals surface area contributed by atoms with E-state index in [2.05, 4.69) is 0 Å². The number of Topliss-reactive ketones (excluding diaryl/α,β-unsaturated/α-hetero) is 1. The van der Waals surface area contributed by atoms with Gasteiger partial charge in [0, 0.05) is 25.4 Å². The van der Waals surface area contributed by atoms with Crippen molar-refractivity contribution in [3.63, 3.8) is 0 Å². The maximum absolute atomic E-state index is 11.3. The second-order valence-electron chi connectivity index (χ2n) is 3.86. The third-order valence-corrected chi connectivity index (χ3v) is 3.18. The first kappa shape index (κ1) is 8.53. The Morgan fingerprint density at radius 1 is 1.38 bits per heavy atom. The molecule has 3 atom stereocenters. The van der Waals surface area contributed by atoms with Gasteiger partial charge in [0.25, 0.3) is 0 Å². The molecule has 0 bridgehead atoms. The SMILES string of the molecule is CCC(=O)C1[C@H]2CN(C(=O)O)C[C@@H]12. The summed E-state index contributed by atoms with van der Waals surface area (Å²) in [4.78, 5) is 23.3. The summed E-state index contributed by atoms with van der Waals surface area (Å²) in [5, 5.41) is 8.67. The third-order valence-electron chi connectivity index (χ3n) is 3.18. The Bertz CT molecular complexity index is 252. The number of amides is 1. The summed E-state index contributed by atoms with van der Waals surface area (Å²) in [6.45, 7) is 3.00. The standard InChI is InChI=1S/C9H13NO3/c1-2-7(11)8-5-3-10(9(12)13)4-6(5)8/h5-6,8H,2-4H2,1H3,(H,12,13)/t5-,6+,8?. The summed E-state index contributed by atoms with van der Waals surface area (Å²) in [6, 6.07) is 0. The third kappa shape index (κ3) is 1.20. The fourth-order valence-electron chi connectivity index (χ4n) is 2.40. The molecule has 1 saturated heterocycles. The predicted octanol–water partition coefficient (Wildman–Crippen LogP) is 0.821. The Morgan fingerprint density at radius 2 is 1.92 bits per heavy atom. The molecule has 1 N–H and O–H groups in total. The van der Waals surface area contributed by atoms with Crippen molar-refractivity contribution in [2.24, 2.45) is 17.8 Å². The van der Waals surface area contributed by atoms with Crippen LogP contribution in [0.1, 0.15) is 13.3 Å². The first-order valence-electron chi connectivity index (χ1n) is 4.65. The minimum Gasteiger partial charge on any atom is -0.465 e. The van der Waals surface area contributed by atoms with Gasteiger partial charge in [0.05, 0.1) is 0 Å². The average Bonchev–Trinajstić information content (AvgIpc) is 2.58. The summed E-state index contributed by atoms with van der Waals surface area (Å²) in [5.74, 6) is 1.16. The van der Waals surface area contributed by atoms with Gasteiger partial charge < -0.3 is 10.0 Å². The monoisotopic (exact) mass is 183 g/mol. The number of hydrogen-bond donors (Lipinski definition) is 1. The molecule has 0 aromatic carbocycles. The molecule has 1 heterocycles. The summed E-state index contributed by atoms with van der Waals surface area (Å²) < 4.78 is 0. The van der Waals surface area contributed by atoms with Gasteiger partial charge in [-0.15, -0.1) is 0 Å². The van der Waals surface area contributed by atoms with Crippen molar-refractivity contribution in [1.82, 2.24) is 4.90 Å². The maximum Gasteiger partial charge on any atom is 0.407 e. The highest BCUT2D eigenvalue weighted by Gasteiger charge is 2.59. The summed E-state index contributed by atoms with van der Waals surface area (Å²) in [5.41, 5.74) is 0. The molecular formula is C9H13NO3. The second kappa shape index (κ2) is 2.72. The van der Waals surface area contributed by atoms with Crippen molar-refractivity contribution >= 4 is 11.9 Å². The van der Waals surface area contributed by atoms with Crippen LogP contribution in [0.4, 0.5) is 4.79 Å². The molecule has 4 heteroatoms. The lowest BCUT2D eigenvalue weighted by atomic mass is 10.1. The number of carboxylic acid groups (broad SMARTS) is 1. The van der Waals surface area contributed by atoms with Gasteiger partial charge >= 0.3 is 6.09 Å². The lowest BCUT2D eigenvalue weighted by Crippen LogP contribution is -2.30. The normalized spacial score (nSPS) is 35.8. The number of fused-ring (bicyclic) bond motifs is 1. The highest BCUT2D eigenvalue weighted by atomic mass is 16.4. The number of hydrogen-bond acceptors (Lipinski definition) is 2. The van der Waals surface area contributed by atoms with Crippen molar-refractivity contribution in [3.05, 3.63) is 0 Å². The van der Waals surface area contributed by atoms with E-state index in [0.717, 1.165) is 0 Å². The summed E-state index contributed by atoms with van der Waals surface area (Å²) in [7, 11) is 0. The molecule has 0 radical (unpaired) electrons. The minimum absolute atomic E-state index is 0.181. The van der Waals surface area contributed by atoms with Gasteiger partial charge in [0.2, 0.25) is 0 Å². The van der Waals surface area contributed by atoms with Crippen molar-refractivity contribution in [1.29, 1.82) is 0 Å². The van der Waals surface area contributed by atoms with E-state index in [4.69, 9.17) is 5.11 Å². The predicted molar refractivity (Wildman–Crippen MR) is 45.4 cm³/mol. The van der Waals surface area contributed by atoms with Crippen LogP contribution in [0, 0.1) is 17.8 Å². The molecule has 1 amide bonds. The van der Waals surface area contributed by atoms with E-state index in [1.54, 1.807) is 0 Å². The van der Waals surface area contributed by atoms with Crippen LogP contribution in [0.25, 0.3) is 0 Å². The van der Waals surface area contributed by atoms with E-state index in [1.165, 1.54) is 4.90 Å². The Hall–Kier alpha value is -1.06. The van der Waals surface area contributed by atoms with Gasteiger partial charge in [-0.1, -0.05) is 6.92 Å². The smallest absolute Gasteiger partial charge is 0.407 e. The highest BCUT2D eigenvalue weighted by Crippen LogP contribution is 2.52. The van der Waals surface area contributed by atoms with Crippen molar-refractivity contribution in [3.8, 4) is 0 Å². The Balaban J connectivity index is 1.90. The molecule has 4 nitrogen and oxygen atoms in total. The van der Waals surface area contributed by atoms with Crippen molar-refractivity contribution < 1.29 is 14.7 Å². The molecule has 0 aromatic rings. The Labute approximate surface area is 76.5 Å². The van der Waals surface area contributed by atoms with Crippen LogP contribution in [0.2, 0.25) is 0 Å². The number of likely N-dealkylation sites (tertiary alicyclic amines) is 1. The molecule has 2 rings (SSSR count). The molecule has 0 aromatic heterocycles. The average molecular weight is 183 g/mol. The first-order valence-corrected chi connectivity index (χ1v) is 4.65. The van der Waals surface area contributed by atoms with Crippen LogP contribution < -0.4 is 0 Å². The van der Waals surface area contributed by atoms with E-state index < -0.39 is 6.09 Å². The van der Waals surface area contributed by atoms with E-state index >= 15 is 0 Å². The molecule has 72 valence electrons. The van der Waals surface area contributed by atoms with E-state index in [-0.39, 0.29) is 5.92 Å². The van der Waals surface area contributed by atoms with E-state index in [0.29, 0.717) is 37.1 Å². The summed E-state index contributed by atoms with van der Waals surface area (Å²) in [6.07, 6.45) is -0.264. The second-order valence-corrected chi connectivity index (χ2v) is 3.86. The molecular weight excluding hydrogens is 170 g/mol. The van der Waals surface area contributed by atoms with E-state index in [1.807, 2.05) is 6.92 Å². The van der Waals surface area contributed by atoms with Gasteiger partial charge in [0.1, 0.15) is 5.78 Å². The number of ketones is 1. The number of rotatable bonds is 2. The number of nitrogens with zero attached hydrogens (tertiary/aromatic N) is 1. The molecule has 2 aliphatic rings. The number of carbonyl (C=O) groups is 2. The maximum atomic E-state index is 11.3. The first-order chi connectivity index (χ1) is 6.15. The molecule has 1 saturated carbocycles. The van der Waals surface area contributed by atoms with Gasteiger partial charge in [0.15, 0.2) is 0 Å². The molecule has 13 heavy (non-hydrogen) atoms. The molecule has 0 spiro atoms. The van der Waals surface area contributed by atoms with Crippen molar-refractivity contribution in [2.45, 2.75) is 13.3 Å². The largest absolute Gasteiger partial charge is 0.465 e. The minimum atomic E-state index is -0.852. The van der Waals surface area contributed by atoms with Gasteiger partial charge in [-0.2, -0.15) is 0 Å². The fourth-order valence-corrected chi connectivity index (χ4v) is 2.40. The lowest BCUT2D eigenvalue weighted by Gasteiger charge is -2.14. The summed E-state index contributed by atoms with van der Waals surface area (Å²) >= 11 is 0. The Kier molecular flexibility index (Phi) is 1.78. The van der Waals surface area contributed by atoms with Crippen LogP contribution in [-0.2, 0) is 4.79 Å². The number of carbonyl (C=O) groups excluding carboxylic acids is 1. The van der Waals surface area contributed by atoms with Crippen LogP contribution in [0.15, 0.2) is 0 Å². The van der Waals surface area contributed by atoms with Crippen LogP contribution in [0.5, 0.6) is 0 Å². The van der Waals surface area contributed by atoms with Crippen molar-refractivity contribution in [2.75, 3.05) is 13.1 Å². The molecule has 1 unspecified atom stereocenters. The van der Waals surface area contributed by atoms with E-state index in [9.17, 15) is 9.59 Å². The van der Waals surface area contributed by atoms with Crippen LogP contribution >= 0.6 is 0 Å². The zero-order valence-electron chi connectivity index (χ0n) is 7.56. The highest BCUT2D eigenvalue weighted by molar-refractivity contribution is 5.84. The fraction of sp³-hybridized carbons (Fsp3) is 0.778. The van der Waals surface area contributed by atoms with Crippen LogP contribution in [-0.4, -0.2) is 35.0 Å². The van der Waals surface area contributed by atoms with Crippen LogP contribution in [0.3, 0.4) is 0 Å².